The van der Waals surface area contributed by atoms with Gasteiger partial charge in [-0.3, -0.25) is 14.4 Å². The third-order valence-electron chi connectivity index (χ3n) is 3.32. The summed E-state index contributed by atoms with van der Waals surface area (Å²) in [5.41, 5.74) is 0.479. The first-order valence-electron chi connectivity index (χ1n) is 7.52. The van der Waals surface area contributed by atoms with E-state index in [0.29, 0.717) is 10.6 Å². The van der Waals surface area contributed by atoms with E-state index >= 15 is 0 Å². The van der Waals surface area contributed by atoms with Gasteiger partial charge >= 0.3 is 11.9 Å². The number of hydrogen-bond donors (Lipinski definition) is 0. The van der Waals surface area contributed by atoms with Gasteiger partial charge in [-0.25, -0.2) is 0 Å². The van der Waals surface area contributed by atoms with Crippen molar-refractivity contribution in [3.63, 3.8) is 0 Å². The number of esters is 2. The predicted molar refractivity (Wildman–Crippen MR) is 86.3 cm³/mol. The summed E-state index contributed by atoms with van der Waals surface area (Å²) in [4.78, 5) is 36.3. The highest BCUT2D eigenvalue weighted by molar-refractivity contribution is 6.30. The summed E-state index contributed by atoms with van der Waals surface area (Å²) in [5.74, 6) is -3.14. The van der Waals surface area contributed by atoms with E-state index in [1.54, 1.807) is 45.0 Å². The largest absolute Gasteiger partial charge is 0.465 e. The van der Waals surface area contributed by atoms with E-state index in [0.717, 1.165) is 0 Å². The van der Waals surface area contributed by atoms with Crippen LogP contribution in [0.2, 0.25) is 5.02 Å². The molecular weight excluding hydrogens is 320 g/mol. The molecule has 0 aromatic heterocycles. The number of ketones is 1. The molecule has 1 aromatic rings. The highest BCUT2D eigenvalue weighted by atomic mass is 35.5. The topological polar surface area (TPSA) is 69.7 Å². The SMILES string of the molecule is CCOC(=O)C(C(=O)OCC)C(C)CC(=O)c1ccc(Cl)cc1. The molecule has 0 N–H and O–H groups in total. The van der Waals surface area contributed by atoms with Crippen LogP contribution in [-0.2, 0) is 19.1 Å². The highest BCUT2D eigenvalue weighted by Crippen LogP contribution is 2.22. The molecule has 0 radical (unpaired) electrons. The van der Waals surface area contributed by atoms with E-state index in [9.17, 15) is 14.4 Å². The van der Waals surface area contributed by atoms with Crippen LogP contribution in [0.25, 0.3) is 0 Å². The fourth-order valence-electron chi connectivity index (χ4n) is 2.19. The maximum Gasteiger partial charge on any atom is 0.320 e. The van der Waals surface area contributed by atoms with Crippen molar-refractivity contribution >= 4 is 29.3 Å². The van der Waals surface area contributed by atoms with E-state index < -0.39 is 23.8 Å². The molecule has 5 nitrogen and oxygen atoms in total. The fraction of sp³-hybridized carbons (Fsp3) is 0.471. The van der Waals surface area contributed by atoms with Crippen molar-refractivity contribution in [3.8, 4) is 0 Å². The van der Waals surface area contributed by atoms with E-state index in [1.165, 1.54) is 0 Å². The quantitative estimate of drug-likeness (QED) is 0.412. The van der Waals surface area contributed by atoms with Crippen molar-refractivity contribution in [3.05, 3.63) is 34.9 Å². The zero-order valence-corrected chi connectivity index (χ0v) is 14.3. The first-order valence-corrected chi connectivity index (χ1v) is 7.90. The zero-order chi connectivity index (χ0) is 17.4. The highest BCUT2D eigenvalue weighted by Gasteiger charge is 2.36. The summed E-state index contributed by atoms with van der Waals surface area (Å²) < 4.78 is 9.85. The molecule has 1 aromatic carbocycles. The molecule has 126 valence electrons. The third-order valence-corrected chi connectivity index (χ3v) is 3.58. The lowest BCUT2D eigenvalue weighted by atomic mass is 9.88. The van der Waals surface area contributed by atoms with Crippen LogP contribution in [0.3, 0.4) is 0 Å². The lowest BCUT2D eigenvalue weighted by Crippen LogP contribution is -2.34. The number of carbonyl (C=O) groups excluding carboxylic acids is 3. The monoisotopic (exact) mass is 340 g/mol. The maximum atomic E-state index is 12.3. The summed E-state index contributed by atoms with van der Waals surface area (Å²) in [6.45, 7) is 5.29. The predicted octanol–water partition coefficient (Wildman–Crippen LogP) is 3.29. The van der Waals surface area contributed by atoms with E-state index in [4.69, 9.17) is 21.1 Å². The van der Waals surface area contributed by atoms with Gasteiger partial charge in [0.1, 0.15) is 0 Å². The van der Waals surface area contributed by atoms with Crippen LogP contribution in [0.1, 0.15) is 37.6 Å². The Hall–Kier alpha value is -1.88. The molecule has 1 atom stereocenters. The van der Waals surface area contributed by atoms with E-state index in [-0.39, 0.29) is 25.4 Å². The summed E-state index contributed by atoms with van der Waals surface area (Å²) in [6, 6.07) is 6.46. The minimum Gasteiger partial charge on any atom is -0.465 e. The normalized spacial score (nSPS) is 11.9. The molecule has 0 fully saturated rings. The van der Waals surface area contributed by atoms with Crippen LogP contribution in [0, 0.1) is 11.8 Å². The van der Waals surface area contributed by atoms with Gasteiger partial charge in [-0.1, -0.05) is 18.5 Å². The first kappa shape index (κ1) is 19.2. The van der Waals surface area contributed by atoms with Crippen molar-refractivity contribution in [2.75, 3.05) is 13.2 Å². The molecule has 6 heteroatoms. The molecule has 0 aliphatic heterocycles. The molecule has 0 aliphatic rings. The molecule has 0 saturated heterocycles. The summed E-state index contributed by atoms with van der Waals surface area (Å²) in [6.07, 6.45) is 0.0317. The number of carbonyl (C=O) groups is 3. The van der Waals surface area contributed by atoms with Crippen LogP contribution in [0.5, 0.6) is 0 Å². The lowest BCUT2D eigenvalue weighted by Gasteiger charge is -2.20. The Balaban J connectivity index is 2.85. The van der Waals surface area contributed by atoms with Gasteiger partial charge in [0.15, 0.2) is 11.7 Å². The Morgan fingerprint density at radius 2 is 1.48 bits per heavy atom. The number of hydrogen-bond acceptors (Lipinski definition) is 5. The van der Waals surface area contributed by atoms with Crippen LogP contribution in [-0.4, -0.2) is 30.9 Å². The molecule has 1 rings (SSSR count). The summed E-state index contributed by atoms with van der Waals surface area (Å²) >= 11 is 5.79. The Morgan fingerprint density at radius 1 is 1.00 bits per heavy atom. The second-order valence-electron chi connectivity index (χ2n) is 5.09. The first-order chi connectivity index (χ1) is 10.9. The van der Waals surface area contributed by atoms with Crippen molar-refractivity contribution in [2.24, 2.45) is 11.8 Å². The fourth-order valence-corrected chi connectivity index (χ4v) is 2.31. The van der Waals surface area contributed by atoms with E-state index in [1.807, 2.05) is 0 Å². The molecule has 0 spiro atoms. The number of benzene rings is 1. The molecule has 1 unspecified atom stereocenters. The van der Waals surface area contributed by atoms with Gasteiger partial charge in [0.05, 0.1) is 13.2 Å². The molecule has 0 heterocycles. The van der Waals surface area contributed by atoms with Gasteiger partial charge in [-0.05, 0) is 44.0 Å². The van der Waals surface area contributed by atoms with Crippen molar-refractivity contribution in [2.45, 2.75) is 27.2 Å². The van der Waals surface area contributed by atoms with Crippen LogP contribution >= 0.6 is 11.6 Å². The molecule has 0 bridgehead atoms. The van der Waals surface area contributed by atoms with Crippen LogP contribution < -0.4 is 0 Å². The zero-order valence-electron chi connectivity index (χ0n) is 13.5. The second-order valence-corrected chi connectivity index (χ2v) is 5.53. The van der Waals surface area contributed by atoms with Gasteiger partial charge in [0, 0.05) is 17.0 Å². The Bertz CT molecular complexity index is 535. The number of Topliss-reactive ketones (excluding diaryl/α,β-unsaturated/α-hetero) is 1. The molecule has 23 heavy (non-hydrogen) atoms. The third kappa shape index (κ3) is 5.67. The van der Waals surface area contributed by atoms with Gasteiger partial charge in [0.2, 0.25) is 0 Å². The summed E-state index contributed by atoms with van der Waals surface area (Å²) in [7, 11) is 0. The summed E-state index contributed by atoms with van der Waals surface area (Å²) in [5, 5.41) is 0.533. The average molecular weight is 341 g/mol. The van der Waals surface area contributed by atoms with Crippen molar-refractivity contribution in [1.82, 2.24) is 0 Å². The number of ether oxygens (including phenoxy) is 2. The lowest BCUT2D eigenvalue weighted by molar-refractivity contribution is -0.164. The number of halogens is 1. The van der Waals surface area contributed by atoms with Crippen molar-refractivity contribution in [1.29, 1.82) is 0 Å². The van der Waals surface area contributed by atoms with Gasteiger partial charge in [-0.15, -0.1) is 0 Å². The average Bonchev–Trinajstić information content (AvgIpc) is 2.48. The maximum absolute atomic E-state index is 12.3. The number of rotatable bonds is 8. The van der Waals surface area contributed by atoms with Crippen LogP contribution in [0.15, 0.2) is 24.3 Å². The molecule has 0 saturated carbocycles. The standard InChI is InChI=1S/C17H21ClO5/c1-4-22-16(20)15(17(21)23-5-2)11(3)10-14(19)12-6-8-13(18)9-7-12/h6-9,11,15H,4-5,10H2,1-3H3. The van der Waals surface area contributed by atoms with E-state index in [2.05, 4.69) is 0 Å². The molecule has 0 amide bonds. The molecular formula is C17H21ClO5. The smallest absolute Gasteiger partial charge is 0.320 e. The minimum atomic E-state index is -1.11. The van der Waals surface area contributed by atoms with Gasteiger partial charge < -0.3 is 9.47 Å². The minimum absolute atomic E-state index is 0.0317. The second kappa shape index (κ2) is 9.30. The van der Waals surface area contributed by atoms with Gasteiger partial charge in [0.25, 0.3) is 0 Å². The Kier molecular flexibility index (Phi) is 7.75. The van der Waals surface area contributed by atoms with Crippen LogP contribution in [0.4, 0.5) is 0 Å². The van der Waals surface area contributed by atoms with Crippen molar-refractivity contribution < 1.29 is 23.9 Å². The Morgan fingerprint density at radius 3 is 1.91 bits per heavy atom. The molecule has 0 aliphatic carbocycles. The Labute approximate surface area is 140 Å². The van der Waals surface area contributed by atoms with Gasteiger partial charge in [-0.2, -0.15) is 0 Å².